The van der Waals surface area contributed by atoms with Crippen molar-refractivity contribution >= 4 is 23.2 Å². The molecule has 6 nitrogen and oxygen atoms in total. The van der Waals surface area contributed by atoms with E-state index in [9.17, 15) is 9.59 Å². The van der Waals surface area contributed by atoms with Crippen LogP contribution in [0.5, 0.6) is 5.75 Å². The van der Waals surface area contributed by atoms with Gasteiger partial charge < -0.3 is 9.15 Å². The normalized spacial score (nSPS) is 25.5. The highest BCUT2D eigenvalue weighted by atomic mass is 32.1. The number of para-hydroxylation sites is 1. The average Bonchev–Trinajstić information content (AvgIpc) is 3.16. The van der Waals surface area contributed by atoms with Crippen molar-refractivity contribution in [2.75, 3.05) is 0 Å². The van der Waals surface area contributed by atoms with Gasteiger partial charge in [-0.15, -0.1) is 0 Å². The number of hydrogen-bond acceptors (Lipinski definition) is 6. The van der Waals surface area contributed by atoms with E-state index in [0.29, 0.717) is 20.8 Å². The number of thiazole rings is 1. The van der Waals surface area contributed by atoms with E-state index >= 15 is 0 Å². The second-order valence-electron chi connectivity index (χ2n) is 7.36. The summed E-state index contributed by atoms with van der Waals surface area (Å²) in [7, 11) is 0. The molecular weight excluding hydrogens is 376 g/mol. The molecule has 4 heterocycles. The Bertz CT molecular complexity index is 1300. The molecule has 2 bridgehead atoms. The number of carbonyl (C=O) groups excluding carboxylic acids is 1. The van der Waals surface area contributed by atoms with Gasteiger partial charge in [-0.2, -0.15) is 0 Å². The summed E-state index contributed by atoms with van der Waals surface area (Å²) < 4.78 is 13.9. The number of ketones is 1. The Morgan fingerprint density at radius 2 is 2.07 bits per heavy atom. The largest absolute Gasteiger partial charge is 0.465 e. The molecule has 28 heavy (non-hydrogen) atoms. The molecule has 3 atom stereocenters. The van der Waals surface area contributed by atoms with E-state index in [1.165, 1.54) is 18.3 Å². The van der Waals surface area contributed by atoms with Crippen LogP contribution in [0.25, 0.3) is 6.08 Å². The summed E-state index contributed by atoms with van der Waals surface area (Å²) >= 11 is 1.29. The second kappa shape index (κ2) is 5.78. The third-order valence-corrected chi connectivity index (χ3v) is 6.34. The zero-order chi connectivity index (χ0) is 19.6. The molecule has 142 valence electrons. The van der Waals surface area contributed by atoms with E-state index in [1.54, 1.807) is 10.6 Å². The van der Waals surface area contributed by atoms with Crippen molar-refractivity contribution in [3.63, 3.8) is 0 Å². The summed E-state index contributed by atoms with van der Waals surface area (Å²) in [6, 6.07) is 10.8. The standard InChI is InChI=1S/C21H18N2O4S/c1-11-8-9-13(26-11)10-16-19(25)23-18-14-6-4-5-7-15(14)27-21(3,17(18)12(2)24)22-20(23)28-16/h4-10,17-18H,1-3H3/t17-,18+,21+/m0/s1. The van der Waals surface area contributed by atoms with Crippen molar-refractivity contribution in [1.29, 1.82) is 0 Å². The van der Waals surface area contributed by atoms with Crippen LogP contribution in [-0.4, -0.2) is 16.1 Å². The maximum atomic E-state index is 13.3. The number of fused-ring (bicyclic) bond motifs is 6. The number of ether oxygens (including phenoxy) is 1. The number of Topliss-reactive ketones (excluding diaryl/α,β-unsaturated/α-hetero) is 1. The van der Waals surface area contributed by atoms with Crippen molar-refractivity contribution in [1.82, 2.24) is 4.57 Å². The number of aryl methyl sites for hydroxylation is 1. The first-order chi connectivity index (χ1) is 13.4. The number of carbonyl (C=O) groups is 1. The van der Waals surface area contributed by atoms with Gasteiger partial charge in [0.15, 0.2) is 4.80 Å². The van der Waals surface area contributed by atoms with E-state index in [1.807, 2.05) is 50.2 Å². The van der Waals surface area contributed by atoms with Crippen molar-refractivity contribution in [2.24, 2.45) is 10.9 Å². The van der Waals surface area contributed by atoms with Gasteiger partial charge in [0.25, 0.3) is 5.56 Å². The molecule has 7 heteroatoms. The van der Waals surface area contributed by atoms with Crippen molar-refractivity contribution in [3.05, 3.63) is 73.2 Å². The number of rotatable bonds is 2. The van der Waals surface area contributed by atoms with Crippen LogP contribution in [-0.2, 0) is 4.79 Å². The Morgan fingerprint density at radius 3 is 2.79 bits per heavy atom. The summed E-state index contributed by atoms with van der Waals surface area (Å²) in [5.41, 5.74) is -0.384. The smallest absolute Gasteiger partial charge is 0.271 e. The van der Waals surface area contributed by atoms with Crippen molar-refractivity contribution in [2.45, 2.75) is 32.5 Å². The van der Waals surface area contributed by atoms with E-state index in [0.717, 1.165) is 11.3 Å². The van der Waals surface area contributed by atoms with Gasteiger partial charge in [0.05, 0.1) is 10.6 Å². The van der Waals surface area contributed by atoms with Crippen LogP contribution in [0, 0.1) is 12.8 Å². The first kappa shape index (κ1) is 17.2. The van der Waals surface area contributed by atoms with Gasteiger partial charge in [-0.1, -0.05) is 29.5 Å². The van der Waals surface area contributed by atoms with Gasteiger partial charge in [-0.05, 0) is 39.0 Å². The topological polar surface area (TPSA) is 73.8 Å². The molecule has 5 rings (SSSR count). The number of benzene rings is 1. The molecule has 2 aromatic heterocycles. The molecule has 0 N–H and O–H groups in total. The third kappa shape index (κ3) is 2.36. The average molecular weight is 394 g/mol. The Hall–Kier alpha value is -2.93. The maximum absolute atomic E-state index is 13.3. The van der Waals surface area contributed by atoms with Gasteiger partial charge >= 0.3 is 0 Å². The number of hydrogen-bond donors (Lipinski definition) is 0. The second-order valence-corrected chi connectivity index (χ2v) is 8.37. The lowest BCUT2D eigenvalue weighted by molar-refractivity contribution is -0.132. The molecule has 3 aromatic rings. The highest BCUT2D eigenvalue weighted by Gasteiger charge is 2.53. The minimum atomic E-state index is -1.04. The highest BCUT2D eigenvalue weighted by molar-refractivity contribution is 7.07. The molecular formula is C21H18N2O4S. The van der Waals surface area contributed by atoms with Crippen LogP contribution in [0.1, 0.15) is 37.0 Å². The van der Waals surface area contributed by atoms with Gasteiger partial charge in [0.1, 0.15) is 29.0 Å². The Balaban J connectivity index is 1.82. The maximum Gasteiger partial charge on any atom is 0.271 e. The van der Waals surface area contributed by atoms with Gasteiger partial charge in [-0.3, -0.25) is 14.2 Å². The van der Waals surface area contributed by atoms with Crippen molar-refractivity contribution < 1.29 is 13.9 Å². The van der Waals surface area contributed by atoms with Crippen molar-refractivity contribution in [3.8, 4) is 5.75 Å². The summed E-state index contributed by atoms with van der Waals surface area (Å²) in [5.74, 6) is 1.43. The Labute approximate surface area is 164 Å². The van der Waals surface area contributed by atoms with Gasteiger partial charge in [0, 0.05) is 11.6 Å². The van der Waals surface area contributed by atoms with E-state index < -0.39 is 17.7 Å². The number of aromatic nitrogens is 1. The predicted molar refractivity (Wildman–Crippen MR) is 104 cm³/mol. The lowest BCUT2D eigenvalue weighted by Crippen LogP contribution is -2.58. The molecule has 0 aliphatic carbocycles. The van der Waals surface area contributed by atoms with Crippen LogP contribution >= 0.6 is 11.3 Å². The molecule has 0 saturated carbocycles. The van der Waals surface area contributed by atoms with Crippen LogP contribution in [0.2, 0.25) is 0 Å². The van der Waals surface area contributed by atoms with Crippen LogP contribution in [0.4, 0.5) is 0 Å². The minimum absolute atomic E-state index is 0.0540. The summed E-state index contributed by atoms with van der Waals surface area (Å²) in [6.45, 7) is 5.20. The third-order valence-electron chi connectivity index (χ3n) is 5.35. The summed E-state index contributed by atoms with van der Waals surface area (Å²) in [4.78, 5) is 31.1. The minimum Gasteiger partial charge on any atom is -0.465 e. The molecule has 1 aromatic carbocycles. The van der Waals surface area contributed by atoms with Gasteiger partial charge in [-0.25, -0.2) is 4.99 Å². The lowest BCUT2D eigenvalue weighted by atomic mass is 9.79. The first-order valence-electron chi connectivity index (χ1n) is 9.05. The van der Waals surface area contributed by atoms with E-state index in [4.69, 9.17) is 14.1 Å². The zero-order valence-corrected chi connectivity index (χ0v) is 16.4. The van der Waals surface area contributed by atoms with Crippen LogP contribution in [0.3, 0.4) is 0 Å². The van der Waals surface area contributed by atoms with Crippen LogP contribution < -0.4 is 19.6 Å². The van der Waals surface area contributed by atoms with E-state index in [-0.39, 0.29) is 11.3 Å². The Morgan fingerprint density at radius 1 is 1.29 bits per heavy atom. The first-order valence-corrected chi connectivity index (χ1v) is 9.87. The molecule has 0 amide bonds. The predicted octanol–water partition coefficient (Wildman–Crippen LogP) is 2.18. The van der Waals surface area contributed by atoms with Gasteiger partial charge in [0.2, 0.25) is 5.72 Å². The molecule has 0 unspecified atom stereocenters. The number of furan rings is 1. The summed E-state index contributed by atoms with van der Waals surface area (Å²) in [5, 5.41) is 0. The summed E-state index contributed by atoms with van der Waals surface area (Å²) in [6.07, 6.45) is 1.72. The monoisotopic (exact) mass is 394 g/mol. The fraction of sp³-hybridized carbons (Fsp3) is 0.286. The van der Waals surface area contributed by atoms with Crippen LogP contribution in [0.15, 0.2) is 50.6 Å². The fourth-order valence-electron chi connectivity index (χ4n) is 4.22. The SMILES string of the molecule is CC(=O)[C@H]1[C@H]2c3ccccc3O[C@@]1(C)N=c1sc(=Cc3ccc(C)o3)c(=O)n12. The molecule has 0 radical (unpaired) electrons. The molecule has 0 saturated heterocycles. The Kier molecular flexibility index (Phi) is 3.55. The molecule has 2 aliphatic heterocycles. The highest BCUT2D eigenvalue weighted by Crippen LogP contribution is 2.47. The quantitative estimate of drug-likeness (QED) is 0.668. The number of nitrogens with zero attached hydrogens (tertiary/aromatic N) is 2. The molecule has 0 spiro atoms. The zero-order valence-electron chi connectivity index (χ0n) is 15.6. The lowest BCUT2D eigenvalue weighted by Gasteiger charge is -2.45. The van der Waals surface area contributed by atoms with E-state index in [2.05, 4.69) is 0 Å². The molecule has 2 aliphatic rings. The molecule has 0 fully saturated rings. The fourth-order valence-corrected chi connectivity index (χ4v) is 5.30.